The van der Waals surface area contributed by atoms with Crippen molar-refractivity contribution in [3.05, 3.63) is 29.8 Å². The second-order valence-electron chi connectivity index (χ2n) is 6.32. The lowest BCUT2D eigenvalue weighted by molar-refractivity contribution is -0.139. The maximum Gasteiger partial charge on any atom is 0.303 e. The Morgan fingerprint density at radius 1 is 1.26 bits per heavy atom. The Balaban J connectivity index is 1.84. The summed E-state index contributed by atoms with van der Waals surface area (Å²) in [5.74, 6) is 0.360. The fraction of sp³-hybridized carbons (Fsp3) is 0.556. The van der Waals surface area contributed by atoms with Gasteiger partial charge in [0.15, 0.2) is 0 Å². The topological polar surface area (TPSA) is 66.8 Å². The highest BCUT2D eigenvalue weighted by atomic mass is 16.5. The Labute approximate surface area is 137 Å². The fourth-order valence-electron chi connectivity index (χ4n) is 3.12. The third-order valence-electron chi connectivity index (χ3n) is 4.51. The number of carboxylic acid groups (broad SMARTS) is 1. The van der Waals surface area contributed by atoms with Crippen LogP contribution in [0, 0.1) is 11.8 Å². The highest BCUT2D eigenvalue weighted by Crippen LogP contribution is 2.23. The van der Waals surface area contributed by atoms with Crippen molar-refractivity contribution in [3.63, 3.8) is 0 Å². The molecule has 1 aromatic rings. The Morgan fingerprint density at radius 2 is 1.87 bits per heavy atom. The second kappa shape index (κ2) is 7.99. The van der Waals surface area contributed by atoms with Crippen molar-refractivity contribution in [1.82, 2.24) is 4.90 Å². The van der Waals surface area contributed by atoms with E-state index in [1.54, 1.807) is 7.11 Å². The SMILES string of the molecule is COc1ccc(CC(C)C(=O)N2CCC(CC(=O)O)CC2)cc1. The van der Waals surface area contributed by atoms with Gasteiger partial charge in [0.05, 0.1) is 7.11 Å². The summed E-state index contributed by atoms with van der Waals surface area (Å²) in [5, 5.41) is 8.84. The summed E-state index contributed by atoms with van der Waals surface area (Å²) in [6, 6.07) is 7.79. The molecule has 1 amide bonds. The fourth-order valence-corrected chi connectivity index (χ4v) is 3.12. The van der Waals surface area contributed by atoms with Gasteiger partial charge in [-0.2, -0.15) is 0 Å². The van der Waals surface area contributed by atoms with Gasteiger partial charge in [0, 0.05) is 25.4 Å². The summed E-state index contributed by atoms with van der Waals surface area (Å²) in [5.41, 5.74) is 1.12. The van der Waals surface area contributed by atoms with E-state index in [0.29, 0.717) is 19.5 Å². The number of piperidine rings is 1. The molecular formula is C18H25NO4. The highest BCUT2D eigenvalue weighted by Gasteiger charge is 2.27. The summed E-state index contributed by atoms with van der Waals surface area (Å²) in [6.45, 7) is 3.30. The van der Waals surface area contributed by atoms with E-state index in [1.165, 1.54) is 0 Å². The maximum absolute atomic E-state index is 12.5. The quantitative estimate of drug-likeness (QED) is 0.875. The molecule has 0 saturated carbocycles. The van der Waals surface area contributed by atoms with Crippen LogP contribution in [0.3, 0.4) is 0 Å². The molecule has 5 heteroatoms. The molecule has 1 atom stereocenters. The number of methoxy groups -OCH3 is 1. The molecule has 1 saturated heterocycles. The van der Waals surface area contributed by atoms with Gasteiger partial charge >= 0.3 is 5.97 Å². The van der Waals surface area contributed by atoms with Crippen molar-refractivity contribution in [2.45, 2.75) is 32.6 Å². The molecule has 0 aromatic heterocycles. The lowest BCUT2D eigenvalue weighted by Gasteiger charge is -2.33. The number of carbonyl (C=O) groups excluding carboxylic acids is 1. The molecular weight excluding hydrogens is 294 g/mol. The van der Waals surface area contributed by atoms with Crippen LogP contribution in [0.1, 0.15) is 31.7 Å². The van der Waals surface area contributed by atoms with Gasteiger partial charge in [0.2, 0.25) is 5.91 Å². The summed E-state index contributed by atoms with van der Waals surface area (Å²) < 4.78 is 5.14. The van der Waals surface area contributed by atoms with Crippen LogP contribution < -0.4 is 4.74 Å². The van der Waals surface area contributed by atoms with Crippen LogP contribution in [-0.2, 0) is 16.0 Å². The largest absolute Gasteiger partial charge is 0.497 e. The van der Waals surface area contributed by atoms with E-state index in [4.69, 9.17) is 9.84 Å². The molecule has 1 aromatic carbocycles. The molecule has 0 bridgehead atoms. The Bertz CT molecular complexity index is 532. The minimum Gasteiger partial charge on any atom is -0.497 e. The molecule has 126 valence electrons. The van der Waals surface area contributed by atoms with E-state index in [0.717, 1.165) is 24.2 Å². The van der Waals surface area contributed by atoms with Gasteiger partial charge in [-0.25, -0.2) is 0 Å². The lowest BCUT2D eigenvalue weighted by Crippen LogP contribution is -2.42. The first-order chi connectivity index (χ1) is 11.0. The van der Waals surface area contributed by atoms with Gasteiger partial charge < -0.3 is 14.7 Å². The van der Waals surface area contributed by atoms with Gasteiger partial charge in [-0.1, -0.05) is 19.1 Å². The van der Waals surface area contributed by atoms with Crippen LogP contribution in [0.5, 0.6) is 5.75 Å². The number of hydrogen-bond donors (Lipinski definition) is 1. The van der Waals surface area contributed by atoms with Gasteiger partial charge in [0.25, 0.3) is 0 Å². The number of amides is 1. The zero-order valence-corrected chi connectivity index (χ0v) is 13.8. The summed E-state index contributed by atoms with van der Waals surface area (Å²) in [6.07, 6.45) is 2.49. The van der Waals surface area contributed by atoms with E-state index >= 15 is 0 Å². The summed E-state index contributed by atoms with van der Waals surface area (Å²) in [4.78, 5) is 25.2. The maximum atomic E-state index is 12.5. The number of hydrogen-bond acceptors (Lipinski definition) is 3. The molecule has 0 spiro atoms. The molecule has 5 nitrogen and oxygen atoms in total. The smallest absolute Gasteiger partial charge is 0.303 e. The van der Waals surface area contributed by atoms with Crippen LogP contribution in [0.25, 0.3) is 0 Å². The van der Waals surface area contributed by atoms with Crippen LogP contribution in [0.4, 0.5) is 0 Å². The molecule has 1 fully saturated rings. The van der Waals surface area contributed by atoms with Crippen molar-refractivity contribution < 1.29 is 19.4 Å². The average Bonchev–Trinajstić information content (AvgIpc) is 2.55. The van der Waals surface area contributed by atoms with Crippen LogP contribution in [0.15, 0.2) is 24.3 Å². The first-order valence-corrected chi connectivity index (χ1v) is 8.13. The number of carboxylic acids is 1. The third kappa shape index (κ3) is 4.98. The minimum atomic E-state index is -0.748. The van der Waals surface area contributed by atoms with Crippen LogP contribution >= 0.6 is 0 Å². The van der Waals surface area contributed by atoms with Gasteiger partial charge in [-0.15, -0.1) is 0 Å². The van der Waals surface area contributed by atoms with Crippen molar-refractivity contribution in [3.8, 4) is 5.75 Å². The Kier molecular flexibility index (Phi) is 6.02. The molecule has 1 heterocycles. The molecule has 2 rings (SSSR count). The standard InChI is InChI=1S/C18H25NO4/c1-13(11-14-3-5-16(23-2)6-4-14)18(22)19-9-7-15(8-10-19)12-17(20)21/h3-6,13,15H,7-12H2,1-2H3,(H,20,21). The van der Waals surface area contributed by atoms with Crippen molar-refractivity contribution in [2.75, 3.05) is 20.2 Å². The summed E-state index contributed by atoms with van der Waals surface area (Å²) in [7, 11) is 1.63. The molecule has 0 aliphatic carbocycles. The van der Waals surface area contributed by atoms with Gasteiger partial charge in [-0.3, -0.25) is 9.59 Å². The summed E-state index contributed by atoms with van der Waals surface area (Å²) >= 11 is 0. The molecule has 1 N–H and O–H groups in total. The third-order valence-corrected chi connectivity index (χ3v) is 4.51. The number of rotatable bonds is 6. The predicted molar refractivity (Wildman–Crippen MR) is 87.4 cm³/mol. The molecule has 0 radical (unpaired) electrons. The monoisotopic (exact) mass is 319 g/mol. The first-order valence-electron chi connectivity index (χ1n) is 8.13. The zero-order chi connectivity index (χ0) is 16.8. The molecule has 1 aliphatic heterocycles. The van der Waals surface area contributed by atoms with Crippen molar-refractivity contribution in [1.29, 1.82) is 0 Å². The van der Waals surface area contributed by atoms with Crippen molar-refractivity contribution >= 4 is 11.9 Å². The second-order valence-corrected chi connectivity index (χ2v) is 6.32. The van der Waals surface area contributed by atoms with Crippen LogP contribution in [-0.4, -0.2) is 42.1 Å². The normalized spacial score (nSPS) is 16.9. The predicted octanol–water partition coefficient (Wildman–Crippen LogP) is 2.59. The number of ether oxygens (including phenoxy) is 1. The Hall–Kier alpha value is -2.04. The van der Waals surface area contributed by atoms with E-state index < -0.39 is 5.97 Å². The minimum absolute atomic E-state index is 0.0700. The lowest BCUT2D eigenvalue weighted by atomic mass is 9.92. The molecule has 23 heavy (non-hydrogen) atoms. The number of nitrogens with zero attached hydrogens (tertiary/aromatic N) is 1. The number of likely N-dealkylation sites (tertiary alicyclic amines) is 1. The molecule has 1 aliphatic rings. The van der Waals surface area contributed by atoms with Crippen molar-refractivity contribution in [2.24, 2.45) is 11.8 Å². The van der Waals surface area contributed by atoms with E-state index in [9.17, 15) is 9.59 Å². The average molecular weight is 319 g/mol. The number of aliphatic carboxylic acids is 1. The van der Waals surface area contributed by atoms with Gasteiger partial charge in [-0.05, 0) is 42.9 Å². The number of carbonyl (C=O) groups is 2. The van der Waals surface area contributed by atoms with E-state index in [2.05, 4.69) is 0 Å². The van der Waals surface area contributed by atoms with E-state index in [-0.39, 0.29) is 24.2 Å². The first kappa shape index (κ1) is 17.3. The Morgan fingerprint density at radius 3 is 2.39 bits per heavy atom. The highest BCUT2D eigenvalue weighted by molar-refractivity contribution is 5.79. The van der Waals surface area contributed by atoms with Gasteiger partial charge in [0.1, 0.15) is 5.75 Å². The van der Waals surface area contributed by atoms with Crippen LogP contribution in [0.2, 0.25) is 0 Å². The zero-order valence-electron chi connectivity index (χ0n) is 13.8. The number of benzene rings is 1. The molecule has 1 unspecified atom stereocenters. The van der Waals surface area contributed by atoms with E-state index in [1.807, 2.05) is 36.1 Å².